The Kier molecular flexibility index (Phi) is 3.89. The summed E-state index contributed by atoms with van der Waals surface area (Å²) in [4.78, 5) is 23.1. The molecule has 6 heteroatoms. The predicted molar refractivity (Wildman–Crippen MR) is 71.3 cm³/mol. The van der Waals surface area contributed by atoms with Crippen molar-refractivity contribution in [3.8, 4) is 5.75 Å². The topological polar surface area (TPSA) is 79.5 Å². The Balaban J connectivity index is 1.97. The van der Waals surface area contributed by atoms with Gasteiger partial charge in [-0.25, -0.2) is 4.79 Å². The number of benzene rings is 1. The maximum absolute atomic E-state index is 11.8. The molecule has 0 spiro atoms. The molecule has 0 radical (unpaired) electrons. The number of carbonyl (C=O) groups is 2. The summed E-state index contributed by atoms with van der Waals surface area (Å²) in [6.45, 7) is 2.48. The highest BCUT2D eigenvalue weighted by molar-refractivity contribution is 5.94. The molecule has 19 heavy (non-hydrogen) atoms. The van der Waals surface area contributed by atoms with Crippen LogP contribution in [0.15, 0.2) is 18.2 Å². The van der Waals surface area contributed by atoms with Gasteiger partial charge in [-0.3, -0.25) is 4.79 Å². The molecule has 1 heterocycles. The number of hydrogen-bond donors (Lipinski definition) is 3. The van der Waals surface area contributed by atoms with Crippen LogP contribution in [0.5, 0.6) is 5.75 Å². The fourth-order valence-corrected chi connectivity index (χ4v) is 1.95. The number of amides is 3. The third-order valence-electron chi connectivity index (χ3n) is 3.04. The first-order valence-corrected chi connectivity index (χ1v) is 6.10. The fourth-order valence-electron chi connectivity index (χ4n) is 1.95. The summed E-state index contributed by atoms with van der Waals surface area (Å²) in [5.74, 6) is 0.597. The Bertz CT molecular complexity index is 502. The molecule has 1 saturated heterocycles. The second-order valence-electron chi connectivity index (χ2n) is 4.41. The first-order valence-electron chi connectivity index (χ1n) is 6.10. The van der Waals surface area contributed by atoms with E-state index < -0.39 is 6.04 Å². The molecule has 1 aliphatic rings. The summed E-state index contributed by atoms with van der Waals surface area (Å²) < 4.78 is 5.10. The number of carbonyl (C=O) groups excluding carboxylic acids is 2. The molecule has 1 aliphatic heterocycles. The van der Waals surface area contributed by atoms with E-state index in [2.05, 4.69) is 16.0 Å². The highest BCUT2D eigenvalue weighted by Gasteiger charge is 2.25. The van der Waals surface area contributed by atoms with Crippen LogP contribution < -0.4 is 20.7 Å². The second kappa shape index (κ2) is 5.60. The number of aryl methyl sites for hydroxylation is 1. The largest absolute Gasteiger partial charge is 0.497 e. The summed E-state index contributed by atoms with van der Waals surface area (Å²) in [5.41, 5.74) is 1.59. The maximum Gasteiger partial charge on any atom is 0.319 e. The number of anilines is 1. The molecule has 1 atom stereocenters. The Morgan fingerprint density at radius 1 is 1.47 bits per heavy atom. The van der Waals surface area contributed by atoms with Crippen LogP contribution >= 0.6 is 0 Å². The normalized spacial score (nSPS) is 17.8. The summed E-state index contributed by atoms with van der Waals surface area (Å²) in [6, 6.07) is 4.54. The number of hydrogen-bond acceptors (Lipinski definition) is 3. The van der Waals surface area contributed by atoms with Crippen molar-refractivity contribution in [3.05, 3.63) is 23.8 Å². The third kappa shape index (κ3) is 3.15. The molecule has 102 valence electrons. The van der Waals surface area contributed by atoms with E-state index in [0.29, 0.717) is 18.7 Å². The zero-order valence-corrected chi connectivity index (χ0v) is 10.9. The quantitative estimate of drug-likeness (QED) is 0.761. The van der Waals surface area contributed by atoms with Crippen LogP contribution in [-0.4, -0.2) is 31.6 Å². The molecule has 2 rings (SSSR count). The maximum atomic E-state index is 11.8. The van der Waals surface area contributed by atoms with Crippen LogP contribution in [0.25, 0.3) is 0 Å². The van der Waals surface area contributed by atoms with Gasteiger partial charge in [0.1, 0.15) is 11.8 Å². The number of nitrogens with one attached hydrogen (secondary N) is 3. The second-order valence-corrected chi connectivity index (χ2v) is 4.41. The molecule has 1 aromatic carbocycles. The van der Waals surface area contributed by atoms with Gasteiger partial charge in [-0.2, -0.15) is 0 Å². The molecule has 0 aliphatic carbocycles. The Morgan fingerprint density at radius 3 is 2.84 bits per heavy atom. The van der Waals surface area contributed by atoms with Crippen LogP contribution in [0.3, 0.4) is 0 Å². The molecule has 0 bridgehead atoms. The van der Waals surface area contributed by atoms with Crippen molar-refractivity contribution in [2.24, 2.45) is 0 Å². The van der Waals surface area contributed by atoms with Crippen molar-refractivity contribution >= 4 is 17.6 Å². The average molecular weight is 263 g/mol. The van der Waals surface area contributed by atoms with Crippen molar-refractivity contribution in [3.63, 3.8) is 0 Å². The van der Waals surface area contributed by atoms with E-state index in [1.807, 2.05) is 13.0 Å². The summed E-state index contributed by atoms with van der Waals surface area (Å²) >= 11 is 0. The molecule has 1 aromatic rings. The lowest BCUT2D eigenvalue weighted by Gasteiger charge is -2.13. The zero-order chi connectivity index (χ0) is 13.8. The van der Waals surface area contributed by atoms with E-state index in [4.69, 9.17) is 4.74 Å². The number of rotatable bonds is 3. The summed E-state index contributed by atoms with van der Waals surface area (Å²) in [5, 5.41) is 8.03. The average Bonchev–Trinajstić information content (AvgIpc) is 2.77. The van der Waals surface area contributed by atoms with Crippen LogP contribution in [0.1, 0.15) is 12.0 Å². The molecule has 0 saturated carbocycles. The highest BCUT2D eigenvalue weighted by Crippen LogP contribution is 2.20. The highest BCUT2D eigenvalue weighted by atomic mass is 16.5. The number of ether oxygens (including phenoxy) is 1. The van der Waals surface area contributed by atoms with Crippen LogP contribution in [0.4, 0.5) is 10.5 Å². The molecule has 6 nitrogen and oxygen atoms in total. The minimum atomic E-state index is -0.446. The lowest BCUT2D eigenvalue weighted by molar-refractivity contribution is -0.120. The first kappa shape index (κ1) is 13.2. The van der Waals surface area contributed by atoms with Crippen molar-refractivity contribution in [2.75, 3.05) is 19.0 Å². The van der Waals surface area contributed by atoms with Crippen molar-refractivity contribution in [1.82, 2.24) is 10.6 Å². The van der Waals surface area contributed by atoms with Crippen molar-refractivity contribution in [2.45, 2.75) is 19.4 Å². The minimum absolute atomic E-state index is 0.137. The van der Waals surface area contributed by atoms with Crippen LogP contribution in [0.2, 0.25) is 0 Å². The van der Waals surface area contributed by atoms with E-state index in [-0.39, 0.29) is 11.9 Å². The lowest BCUT2D eigenvalue weighted by Crippen LogP contribution is -2.42. The van der Waals surface area contributed by atoms with E-state index in [1.165, 1.54) is 0 Å². The fraction of sp³-hybridized carbons (Fsp3) is 0.385. The predicted octanol–water partition coefficient (Wildman–Crippen LogP) is 1.01. The molecule has 0 unspecified atom stereocenters. The summed E-state index contributed by atoms with van der Waals surface area (Å²) in [6.07, 6.45) is 0.619. The van der Waals surface area contributed by atoms with Gasteiger partial charge in [-0.1, -0.05) is 0 Å². The van der Waals surface area contributed by atoms with Crippen LogP contribution in [0, 0.1) is 6.92 Å². The monoisotopic (exact) mass is 263 g/mol. The Morgan fingerprint density at radius 2 is 2.26 bits per heavy atom. The van der Waals surface area contributed by atoms with Gasteiger partial charge < -0.3 is 20.7 Å². The van der Waals surface area contributed by atoms with E-state index >= 15 is 0 Å². The number of methoxy groups -OCH3 is 1. The van der Waals surface area contributed by atoms with Gasteiger partial charge in [-0.15, -0.1) is 0 Å². The van der Waals surface area contributed by atoms with Crippen molar-refractivity contribution in [1.29, 1.82) is 0 Å². The smallest absolute Gasteiger partial charge is 0.319 e. The van der Waals surface area contributed by atoms with Gasteiger partial charge in [0.05, 0.1) is 7.11 Å². The Hall–Kier alpha value is -2.24. The third-order valence-corrected chi connectivity index (χ3v) is 3.04. The van der Waals surface area contributed by atoms with Gasteiger partial charge in [0.2, 0.25) is 5.91 Å². The molecular weight excluding hydrogens is 246 g/mol. The van der Waals surface area contributed by atoms with Gasteiger partial charge in [0, 0.05) is 12.2 Å². The van der Waals surface area contributed by atoms with Crippen LogP contribution in [-0.2, 0) is 4.79 Å². The molecule has 1 fully saturated rings. The van der Waals surface area contributed by atoms with E-state index in [1.54, 1.807) is 19.2 Å². The number of urea groups is 1. The van der Waals surface area contributed by atoms with Crippen molar-refractivity contribution < 1.29 is 14.3 Å². The molecule has 3 amide bonds. The van der Waals surface area contributed by atoms with Gasteiger partial charge >= 0.3 is 6.03 Å². The molecule has 0 aromatic heterocycles. The first-order chi connectivity index (χ1) is 9.10. The van der Waals surface area contributed by atoms with Gasteiger partial charge in [0.15, 0.2) is 0 Å². The molecule has 3 N–H and O–H groups in total. The SMILES string of the molecule is COc1ccc(NC(=O)N[C@H]2CCNC2=O)c(C)c1. The Labute approximate surface area is 111 Å². The van der Waals surface area contributed by atoms with E-state index in [9.17, 15) is 9.59 Å². The standard InChI is InChI=1S/C13H17N3O3/c1-8-7-9(19-2)3-4-10(8)15-13(18)16-11-5-6-14-12(11)17/h3-4,7,11H,5-6H2,1-2H3,(H,14,17)(H2,15,16,18)/t11-/m0/s1. The van der Waals surface area contributed by atoms with Gasteiger partial charge in [-0.05, 0) is 37.1 Å². The summed E-state index contributed by atoms with van der Waals surface area (Å²) in [7, 11) is 1.59. The zero-order valence-electron chi connectivity index (χ0n) is 10.9. The van der Waals surface area contributed by atoms with Gasteiger partial charge in [0.25, 0.3) is 0 Å². The molecular formula is C13H17N3O3. The van der Waals surface area contributed by atoms with E-state index in [0.717, 1.165) is 11.3 Å². The lowest BCUT2D eigenvalue weighted by atomic mass is 10.2. The minimum Gasteiger partial charge on any atom is -0.497 e.